The summed E-state index contributed by atoms with van der Waals surface area (Å²) < 4.78 is 5.45. The van der Waals surface area contributed by atoms with Crippen LogP contribution in [0.2, 0.25) is 0 Å². The van der Waals surface area contributed by atoms with Gasteiger partial charge in [0.05, 0.1) is 13.2 Å². The summed E-state index contributed by atoms with van der Waals surface area (Å²) >= 11 is 0. The van der Waals surface area contributed by atoms with E-state index >= 15 is 0 Å². The highest BCUT2D eigenvalue weighted by atomic mass is 16.5. The fourth-order valence-corrected chi connectivity index (χ4v) is 3.27. The van der Waals surface area contributed by atoms with Gasteiger partial charge in [-0.3, -0.25) is 4.79 Å². The predicted molar refractivity (Wildman–Crippen MR) is 89.0 cm³/mol. The largest absolute Gasteiger partial charge is 0.496 e. The predicted octanol–water partition coefficient (Wildman–Crippen LogP) is 2.99. The first-order chi connectivity index (χ1) is 10.6. The van der Waals surface area contributed by atoms with Crippen LogP contribution in [0.4, 0.5) is 0 Å². The molecular weight excluding hydrogens is 276 g/mol. The van der Waals surface area contributed by atoms with E-state index in [1.807, 2.05) is 32.3 Å². The summed E-state index contributed by atoms with van der Waals surface area (Å²) in [4.78, 5) is 14.3. The Bertz CT molecular complexity index is 482. The van der Waals surface area contributed by atoms with Gasteiger partial charge in [0.1, 0.15) is 5.75 Å². The minimum atomic E-state index is 0.115. The number of ether oxygens (including phenoxy) is 1. The molecule has 1 aromatic carbocycles. The Morgan fingerprint density at radius 1 is 1.32 bits per heavy atom. The van der Waals surface area contributed by atoms with Gasteiger partial charge in [0.25, 0.3) is 0 Å². The van der Waals surface area contributed by atoms with Gasteiger partial charge in [0.2, 0.25) is 5.91 Å². The first-order valence-corrected chi connectivity index (χ1v) is 8.18. The number of hydrogen-bond donors (Lipinski definition) is 1. The van der Waals surface area contributed by atoms with Crippen LogP contribution in [0.3, 0.4) is 0 Å². The van der Waals surface area contributed by atoms with Gasteiger partial charge < -0.3 is 15.0 Å². The van der Waals surface area contributed by atoms with Gasteiger partial charge in [-0.15, -0.1) is 0 Å². The first kappa shape index (κ1) is 16.8. The minimum Gasteiger partial charge on any atom is -0.496 e. The third kappa shape index (κ3) is 4.47. The summed E-state index contributed by atoms with van der Waals surface area (Å²) in [5, 5.41) is 3.10. The molecule has 2 rings (SSSR count). The van der Waals surface area contributed by atoms with Gasteiger partial charge in [-0.1, -0.05) is 31.0 Å². The van der Waals surface area contributed by atoms with E-state index in [-0.39, 0.29) is 11.9 Å². The Morgan fingerprint density at radius 3 is 2.64 bits per heavy atom. The van der Waals surface area contributed by atoms with Crippen LogP contribution >= 0.6 is 0 Å². The number of hydrogen-bond acceptors (Lipinski definition) is 3. The number of para-hydroxylation sites is 1. The lowest BCUT2D eigenvalue weighted by atomic mass is 10.0. The van der Waals surface area contributed by atoms with Gasteiger partial charge in [0, 0.05) is 18.5 Å². The number of methoxy groups -OCH3 is 1. The quantitative estimate of drug-likeness (QED) is 0.842. The van der Waals surface area contributed by atoms with Crippen molar-refractivity contribution >= 4 is 5.91 Å². The van der Waals surface area contributed by atoms with Crippen molar-refractivity contribution in [2.24, 2.45) is 5.92 Å². The summed E-state index contributed by atoms with van der Waals surface area (Å²) in [5.74, 6) is 1.63. The molecule has 4 heteroatoms. The molecule has 0 radical (unpaired) electrons. The monoisotopic (exact) mass is 304 g/mol. The van der Waals surface area contributed by atoms with E-state index < -0.39 is 0 Å². The molecule has 1 unspecified atom stereocenters. The van der Waals surface area contributed by atoms with E-state index in [1.165, 1.54) is 25.7 Å². The summed E-state index contributed by atoms with van der Waals surface area (Å²) in [7, 11) is 5.74. The zero-order valence-corrected chi connectivity index (χ0v) is 14.0. The molecule has 0 heterocycles. The maximum absolute atomic E-state index is 12.2. The number of rotatable bonds is 7. The van der Waals surface area contributed by atoms with E-state index in [0.717, 1.165) is 11.3 Å². The lowest BCUT2D eigenvalue weighted by molar-refractivity contribution is -0.122. The molecule has 0 saturated heterocycles. The summed E-state index contributed by atoms with van der Waals surface area (Å²) in [6.07, 6.45) is 5.64. The van der Waals surface area contributed by atoms with Crippen molar-refractivity contribution in [3.63, 3.8) is 0 Å². The molecule has 1 fully saturated rings. The van der Waals surface area contributed by atoms with Gasteiger partial charge >= 0.3 is 0 Å². The van der Waals surface area contributed by atoms with Crippen LogP contribution in [-0.2, 0) is 4.79 Å². The molecule has 1 N–H and O–H groups in total. The Kier molecular flexibility index (Phi) is 6.25. The molecule has 4 nitrogen and oxygen atoms in total. The molecule has 1 amide bonds. The maximum Gasteiger partial charge on any atom is 0.220 e. The van der Waals surface area contributed by atoms with Crippen molar-refractivity contribution in [3.8, 4) is 5.75 Å². The summed E-state index contributed by atoms with van der Waals surface area (Å²) in [6, 6.07) is 8.12. The number of nitrogens with zero attached hydrogens (tertiary/aromatic N) is 1. The Labute approximate surface area is 133 Å². The van der Waals surface area contributed by atoms with Crippen molar-refractivity contribution in [2.75, 3.05) is 27.7 Å². The highest BCUT2D eigenvalue weighted by Crippen LogP contribution is 2.29. The zero-order chi connectivity index (χ0) is 15.9. The van der Waals surface area contributed by atoms with E-state index in [2.05, 4.69) is 16.3 Å². The second-order valence-electron chi connectivity index (χ2n) is 6.38. The van der Waals surface area contributed by atoms with Gasteiger partial charge in [-0.2, -0.15) is 0 Å². The zero-order valence-electron chi connectivity index (χ0n) is 14.0. The minimum absolute atomic E-state index is 0.115. The highest BCUT2D eigenvalue weighted by Gasteiger charge is 2.21. The van der Waals surface area contributed by atoms with Crippen LogP contribution in [0.5, 0.6) is 5.75 Å². The Balaban J connectivity index is 1.95. The van der Waals surface area contributed by atoms with E-state index in [1.54, 1.807) is 7.11 Å². The molecule has 0 bridgehead atoms. The number of benzene rings is 1. The standard InChI is InChI=1S/C18H28N2O2/c1-20(2)16(15-10-6-7-11-17(15)22-3)13-19-18(21)12-14-8-4-5-9-14/h6-7,10-11,14,16H,4-5,8-9,12-13H2,1-3H3,(H,19,21). The number of likely N-dealkylation sites (N-methyl/N-ethyl adjacent to an activating group) is 1. The molecule has 122 valence electrons. The molecule has 1 aromatic rings. The lowest BCUT2D eigenvalue weighted by Gasteiger charge is -2.26. The fraction of sp³-hybridized carbons (Fsp3) is 0.611. The van der Waals surface area contributed by atoms with Crippen LogP contribution in [-0.4, -0.2) is 38.6 Å². The Morgan fingerprint density at radius 2 is 2.00 bits per heavy atom. The van der Waals surface area contributed by atoms with Crippen LogP contribution in [0.25, 0.3) is 0 Å². The molecule has 0 aliphatic heterocycles. The van der Waals surface area contributed by atoms with E-state index in [4.69, 9.17) is 4.74 Å². The average Bonchev–Trinajstić information content (AvgIpc) is 3.00. The third-order valence-electron chi connectivity index (χ3n) is 4.56. The van der Waals surface area contributed by atoms with Gasteiger partial charge in [-0.25, -0.2) is 0 Å². The number of carbonyl (C=O) groups excluding carboxylic acids is 1. The SMILES string of the molecule is COc1ccccc1C(CNC(=O)CC1CCCC1)N(C)C. The van der Waals surface area contributed by atoms with Crippen molar-refractivity contribution in [1.82, 2.24) is 10.2 Å². The number of amides is 1. The van der Waals surface area contributed by atoms with Crippen molar-refractivity contribution in [3.05, 3.63) is 29.8 Å². The highest BCUT2D eigenvalue weighted by molar-refractivity contribution is 5.76. The molecule has 22 heavy (non-hydrogen) atoms. The molecule has 1 aliphatic carbocycles. The van der Waals surface area contributed by atoms with Crippen molar-refractivity contribution < 1.29 is 9.53 Å². The topological polar surface area (TPSA) is 41.6 Å². The molecule has 1 aliphatic rings. The normalized spacial score (nSPS) is 16.7. The summed E-state index contributed by atoms with van der Waals surface area (Å²) in [5.41, 5.74) is 1.11. The van der Waals surface area contributed by atoms with Crippen molar-refractivity contribution in [2.45, 2.75) is 38.1 Å². The van der Waals surface area contributed by atoms with E-state index in [9.17, 15) is 4.79 Å². The van der Waals surface area contributed by atoms with Gasteiger partial charge in [0.15, 0.2) is 0 Å². The fourth-order valence-electron chi connectivity index (χ4n) is 3.27. The second kappa shape index (κ2) is 8.18. The van der Waals surface area contributed by atoms with Crippen LogP contribution < -0.4 is 10.1 Å². The molecule has 1 atom stereocenters. The average molecular weight is 304 g/mol. The van der Waals surface area contributed by atoms with Crippen LogP contribution in [0.15, 0.2) is 24.3 Å². The van der Waals surface area contributed by atoms with Gasteiger partial charge in [-0.05, 0) is 38.9 Å². The smallest absolute Gasteiger partial charge is 0.220 e. The summed E-state index contributed by atoms with van der Waals surface area (Å²) in [6.45, 7) is 0.610. The lowest BCUT2D eigenvalue weighted by Crippen LogP contribution is -2.35. The number of carbonyl (C=O) groups is 1. The third-order valence-corrected chi connectivity index (χ3v) is 4.56. The molecule has 1 saturated carbocycles. The van der Waals surface area contributed by atoms with Crippen LogP contribution in [0, 0.1) is 5.92 Å². The first-order valence-electron chi connectivity index (χ1n) is 8.18. The van der Waals surface area contributed by atoms with E-state index in [0.29, 0.717) is 18.9 Å². The van der Waals surface area contributed by atoms with Crippen molar-refractivity contribution in [1.29, 1.82) is 0 Å². The molecule has 0 aromatic heterocycles. The second-order valence-corrected chi connectivity index (χ2v) is 6.38. The Hall–Kier alpha value is -1.55. The molecular formula is C18H28N2O2. The molecule has 0 spiro atoms. The number of nitrogens with one attached hydrogen (secondary N) is 1. The van der Waals surface area contributed by atoms with Crippen LogP contribution in [0.1, 0.15) is 43.7 Å². The maximum atomic E-state index is 12.2.